The van der Waals surface area contributed by atoms with Gasteiger partial charge in [-0.1, -0.05) is 6.07 Å². The summed E-state index contributed by atoms with van der Waals surface area (Å²) in [5.74, 6) is 0.817. The molecule has 0 bridgehead atoms. The van der Waals surface area contributed by atoms with Crippen molar-refractivity contribution in [1.29, 1.82) is 0 Å². The normalized spacial score (nSPS) is 17.2. The predicted molar refractivity (Wildman–Crippen MR) is 63.1 cm³/mol. The third-order valence-electron chi connectivity index (χ3n) is 2.54. The third kappa shape index (κ3) is 3.40. The van der Waals surface area contributed by atoms with Crippen LogP contribution in [0.3, 0.4) is 0 Å². The van der Waals surface area contributed by atoms with Crippen LogP contribution in [0.1, 0.15) is 12.8 Å². The van der Waals surface area contributed by atoms with E-state index in [9.17, 15) is 0 Å². The summed E-state index contributed by atoms with van der Waals surface area (Å²) in [7, 11) is 0. The van der Waals surface area contributed by atoms with Gasteiger partial charge in [-0.2, -0.15) is 5.06 Å². The summed E-state index contributed by atoms with van der Waals surface area (Å²) in [5.41, 5.74) is 6.39. The number of nitrogen functional groups attached to an aromatic ring is 1. The number of nitrogens with two attached hydrogens (primary N) is 1. The predicted octanol–water partition coefficient (Wildman–Crippen LogP) is 1.68. The standard InChI is InChI=1S/C12H18N2O2/c13-11-4-3-5-12(10-11)15-9-7-14-6-1-2-8-16-14/h3-5,10H,1-2,6-9,13H2. The van der Waals surface area contributed by atoms with Crippen LogP contribution < -0.4 is 10.5 Å². The summed E-state index contributed by atoms with van der Waals surface area (Å²) >= 11 is 0. The summed E-state index contributed by atoms with van der Waals surface area (Å²) in [4.78, 5) is 5.47. The Morgan fingerprint density at radius 3 is 3.06 bits per heavy atom. The molecule has 0 spiro atoms. The number of anilines is 1. The maximum absolute atomic E-state index is 5.66. The summed E-state index contributed by atoms with van der Waals surface area (Å²) in [5, 5.41) is 1.97. The van der Waals surface area contributed by atoms with E-state index in [2.05, 4.69) is 0 Å². The Balaban J connectivity index is 1.71. The quantitative estimate of drug-likeness (QED) is 0.787. The SMILES string of the molecule is Nc1cccc(OCCN2CCCCO2)c1. The van der Waals surface area contributed by atoms with Crippen molar-refractivity contribution in [3.8, 4) is 5.75 Å². The van der Waals surface area contributed by atoms with Crippen molar-refractivity contribution in [2.75, 3.05) is 32.0 Å². The Morgan fingerprint density at radius 1 is 1.38 bits per heavy atom. The molecule has 1 heterocycles. The van der Waals surface area contributed by atoms with Crippen LogP contribution in [0.25, 0.3) is 0 Å². The van der Waals surface area contributed by atoms with Gasteiger partial charge in [0, 0.05) is 18.3 Å². The molecule has 0 aliphatic carbocycles. The molecule has 0 radical (unpaired) electrons. The highest BCUT2D eigenvalue weighted by Crippen LogP contribution is 2.14. The van der Waals surface area contributed by atoms with E-state index in [1.807, 2.05) is 29.3 Å². The first kappa shape index (κ1) is 11.2. The first-order valence-corrected chi connectivity index (χ1v) is 5.71. The van der Waals surface area contributed by atoms with Gasteiger partial charge in [0.1, 0.15) is 12.4 Å². The van der Waals surface area contributed by atoms with Crippen molar-refractivity contribution in [1.82, 2.24) is 5.06 Å². The molecule has 0 saturated carbocycles. The van der Waals surface area contributed by atoms with Gasteiger partial charge in [0.15, 0.2) is 0 Å². The number of ether oxygens (including phenoxy) is 1. The van der Waals surface area contributed by atoms with Crippen LogP contribution in [0, 0.1) is 0 Å². The molecule has 1 aliphatic heterocycles. The molecular formula is C12H18N2O2. The minimum absolute atomic E-state index is 0.628. The van der Waals surface area contributed by atoms with Crippen molar-refractivity contribution in [3.63, 3.8) is 0 Å². The van der Waals surface area contributed by atoms with Crippen molar-refractivity contribution in [2.24, 2.45) is 0 Å². The van der Waals surface area contributed by atoms with Crippen molar-refractivity contribution in [2.45, 2.75) is 12.8 Å². The average Bonchev–Trinajstić information content (AvgIpc) is 2.30. The second kappa shape index (κ2) is 5.72. The number of hydrogen-bond donors (Lipinski definition) is 1. The lowest BCUT2D eigenvalue weighted by atomic mass is 10.3. The molecule has 2 rings (SSSR count). The molecule has 16 heavy (non-hydrogen) atoms. The van der Waals surface area contributed by atoms with E-state index in [-0.39, 0.29) is 0 Å². The first-order chi connectivity index (χ1) is 7.84. The van der Waals surface area contributed by atoms with Gasteiger partial charge in [-0.15, -0.1) is 0 Å². The molecule has 1 aliphatic rings. The minimum Gasteiger partial charge on any atom is -0.492 e. The fourth-order valence-electron chi connectivity index (χ4n) is 1.69. The average molecular weight is 222 g/mol. The molecule has 0 unspecified atom stereocenters. The molecule has 2 N–H and O–H groups in total. The van der Waals surface area contributed by atoms with Crippen LogP contribution in [0.2, 0.25) is 0 Å². The lowest BCUT2D eigenvalue weighted by Crippen LogP contribution is -2.33. The van der Waals surface area contributed by atoms with Crippen LogP contribution in [-0.4, -0.2) is 31.4 Å². The van der Waals surface area contributed by atoms with E-state index in [1.54, 1.807) is 0 Å². The number of rotatable bonds is 4. The first-order valence-electron chi connectivity index (χ1n) is 5.71. The van der Waals surface area contributed by atoms with Crippen LogP contribution in [0.15, 0.2) is 24.3 Å². The maximum atomic E-state index is 5.66. The van der Waals surface area contributed by atoms with Gasteiger partial charge in [-0.25, -0.2) is 0 Å². The molecule has 0 amide bonds. The Hall–Kier alpha value is -1.26. The fourth-order valence-corrected chi connectivity index (χ4v) is 1.69. The van der Waals surface area contributed by atoms with Crippen molar-refractivity contribution >= 4 is 5.69 Å². The monoisotopic (exact) mass is 222 g/mol. The van der Waals surface area contributed by atoms with E-state index in [0.29, 0.717) is 6.61 Å². The molecule has 88 valence electrons. The summed E-state index contributed by atoms with van der Waals surface area (Å²) in [6.45, 7) is 3.26. The number of hydrogen-bond acceptors (Lipinski definition) is 4. The zero-order chi connectivity index (χ0) is 11.2. The molecule has 0 aromatic heterocycles. The lowest BCUT2D eigenvalue weighted by Gasteiger charge is -2.25. The van der Waals surface area contributed by atoms with E-state index < -0.39 is 0 Å². The summed E-state index contributed by atoms with van der Waals surface area (Å²) < 4.78 is 5.59. The van der Waals surface area contributed by atoms with E-state index in [1.165, 1.54) is 6.42 Å². The van der Waals surface area contributed by atoms with Crippen LogP contribution in [-0.2, 0) is 4.84 Å². The second-order valence-electron chi connectivity index (χ2n) is 3.89. The number of nitrogens with zero attached hydrogens (tertiary/aromatic N) is 1. The highest BCUT2D eigenvalue weighted by atomic mass is 16.7. The molecular weight excluding hydrogens is 204 g/mol. The molecule has 1 saturated heterocycles. The lowest BCUT2D eigenvalue weighted by molar-refractivity contribution is -0.183. The largest absolute Gasteiger partial charge is 0.492 e. The Kier molecular flexibility index (Phi) is 4.02. The van der Waals surface area contributed by atoms with Gasteiger partial charge in [-0.05, 0) is 25.0 Å². The Labute approximate surface area is 95.9 Å². The van der Waals surface area contributed by atoms with Gasteiger partial charge in [0.25, 0.3) is 0 Å². The summed E-state index contributed by atoms with van der Waals surface area (Å²) in [6.07, 6.45) is 2.37. The van der Waals surface area contributed by atoms with Crippen LogP contribution in [0.5, 0.6) is 5.75 Å². The molecule has 4 heteroatoms. The minimum atomic E-state index is 0.628. The Bertz CT molecular complexity index is 325. The smallest absolute Gasteiger partial charge is 0.121 e. The fraction of sp³-hybridized carbons (Fsp3) is 0.500. The van der Waals surface area contributed by atoms with Crippen LogP contribution in [0.4, 0.5) is 5.69 Å². The molecule has 1 fully saturated rings. The maximum Gasteiger partial charge on any atom is 0.121 e. The second-order valence-corrected chi connectivity index (χ2v) is 3.89. The topological polar surface area (TPSA) is 47.7 Å². The van der Waals surface area contributed by atoms with Gasteiger partial charge >= 0.3 is 0 Å². The van der Waals surface area contributed by atoms with Gasteiger partial charge in [-0.3, -0.25) is 4.84 Å². The highest BCUT2D eigenvalue weighted by molar-refractivity contribution is 5.43. The van der Waals surface area contributed by atoms with E-state index in [0.717, 1.165) is 37.6 Å². The number of hydroxylamine groups is 2. The van der Waals surface area contributed by atoms with E-state index >= 15 is 0 Å². The van der Waals surface area contributed by atoms with Gasteiger partial charge in [0.2, 0.25) is 0 Å². The molecule has 4 nitrogen and oxygen atoms in total. The third-order valence-corrected chi connectivity index (χ3v) is 2.54. The highest BCUT2D eigenvalue weighted by Gasteiger charge is 2.10. The molecule has 1 aromatic rings. The van der Waals surface area contributed by atoms with Crippen molar-refractivity contribution < 1.29 is 9.57 Å². The molecule has 1 aromatic carbocycles. The van der Waals surface area contributed by atoms with E-state index in [4.69, 9.17) is 15.3 Å². The van der Waals surface area contributed by atoms with Gasteiger partial charge < -0.3 is 10.5 Å². The number of benzene rings is 1. The van der Waals surface area contributed by atoms with Gasteiger partial charge in [0.05, 0.1) is 13.2 Å². The zero-order valence-corrected chi connectivity index (χ0v) is 9.39. The zero-order valence-electron chi connectivity index (χ0n) is 9.39. The van der Waals surface area contributed by atoms with Crippen molar-refractivity contribution in [3.05, 3.63) is 24.3 Å². The Morgan fingerprint density at radius 2 is 2.31 bits per heavy atom. The molecule has 0 atom stereocenters. The van der Waals surface area contributed by atoms with Crippen LogP contribution >= 0.6 is 0 Å². The summed E-state index contributed by atoms with van der Waals surface area (Å²) in [6, 6.07) is 7.48.